The van der Waals surface area contributed by atoms with Crippen molar-refractivity contribution < 1.29 is 4.79 Å². The molecule has 0 radical (unpaired) electrons. The first-order valence-electron chi connectivity index (χ1n) is 6.89. The molecule has 19 heavy (non-hydrogen) atoms. The van der Waals surface area contributed by atoms with Gasteiger partial charge in [0.1, 0.15) is 0 Å². The molecule has 0 amide bonds. The summed E-state index contributed by atoms with van der Waals surface area (Å²) in [5.41, 5.74) is 1.92. The van der Waals surface area contributed by atoms with Crippen LogP contribution in [0.5, 0.6) is 0 Å². The summed E-state index contributed by atoms with van der Waals surface area (Å²) in [5, 5.41) is 3.34. The first-order valence-corrected chi connectivity index (χ1v) is 7.68. The predicted molar refractivity (Wildman–Crippen MR) is 81.8 cm³/mol. The summed E-state index contributed by atoms with van der Waals surface area (Å²) >= 11 is 3.43. The molecule has 1 aliphatic rings. The highest BCUT2D eigenvalue weighted by Crippen LogP contribution is 2.18. The number of carbonyl (C=O) groups excluding carboxylic acids is 1. The SMILES string of the molecule is Cc1ccc(Br)cc1C(=O)CCCN1CCNCC1. The summed E-state index contributed by atoms with van der Waals surface area (Å²) < 4.78 is 0.976. The maximum absolute atomic E-state index is 12.2. The van der Waals surface area contributed by atoms with Crippen LogP contribution in [0.15, 0.2) is 22.7 Å². The molecule has 4 heteroatoms. The Morgan fingerprint density at radius 2 is 2.11 bits per heavy atom. The highest BCUT2D eigenvalue weighted by Gasteiger charge is 2.12. The fourth-order valence-electron chi connectivity index (χ4n) is 2.43. The van der Waals surface area contributed by atoms with Crippen molar-refractivity contribution in [2.45, 2.75) is 19.8 Å². The zero-order valence-corrected chi connectivity index (χ0v) is 13.0. The molecule has 1 aliphatic heterocycles. The number of piperazine rings is 1. The molecule has 1 saturated heterocycles. The van der Waals surface area contributed by atoms with Crippen LogP contribution in [-0.2, 0) is 0 Å². The zero-order valence-electron chi connectivity index (χ0n) is 11.4. The highest BCUT2D eigenvalue weighted by molar-refractivity contribution is 9.10. The van der Waals surface area contributed by atoms with Gasteiger partial charge in [-0.05, 0) is 37.6 Å². The van der Waals surface area contributed by atoms with E-state index in [-0.39, 0.29) is 5.78 Å². The topological polar surface area (TPSA) is 32.3 Å². The van der Waals surface area contributed by atoms with E-state index in [4.69, 9.17) is 0 Å². The van der Waals surface area contributed by atoms with Crippen LogP contribution in [0.3, 0.4) is 0 Å². The van der Waals surface area contributed by atoms with Crippen molar-refractivity contribution in [3.05, 3.63) is 33.8 Å². The Morgan fingerprint density at radius 3 is 2.84 bits per heavy atom. The Kier molecular flexibility index (Phi) is 5.55. The van der Waals surface area contributed by atoms with Crippen LogP contribution >= 0.6 is 15.9 Å². The van der Waals surface area contributed by atoms with Gasteiger partial charge in [0, 0.05) is 42.6 Å². The van der Waals surface area contributed by atoms with Gasteiger partial charge >= 0.3 is 0 Å². The standard InChI is InChI=1S/C15H21BrN2O/c1-12-4-5-13(16)11-14(12)15(19)3-2-8-18-9-6-17-7-10-18/h4-5,11,17H,2-3,6-10H2,1H3. The minimum atomic E-state index is 0.258. The molecule has 1 N–H and O–H groups in total. The number of hydrogen-bond donors (Lipinski definition) is 1. The molecule has 0 spiro atoms. The van der Waals surface area contributed by atoms with Gasteiger partial charge in [-0.1, -0.05) is 22.0 Å². The molecule has 0 saturated carbocycles. The van der Waals surface area contributed by atoms with E-state index in [9.17, 15) is 4.79 Å². The van der Waals surface area contributed by atoms with E-state index in [1.54, 1.807) is 0 Å². The van der Waals surface area contributed by atoms with Gasteiger partial charge in [0.05, 0.1) is 0 Å². The lowest BCUT2D eigenvalue weighted by Crippen LogP contribution is -2.43. The second-order valence-corrected chi connectivity index (χ2v) is 5.99. The van der Waals surface area contributed by atoms with Crippen molar-refractivity contribution in [2.75, 3.05) is 32.7 Å². The lowest BCUT2D eigenvalue weighted by atomic mass is 10.0. The van der Waals surface area contributed by atoms with Crippen LogP contribution < -0.4 is 5.32 Å². The summed E-state index contributed by atoms with van der Waals surface area (Å²) in [7, 11) is 0. The first-order chi connectivity index (χ1) is 9.16. The van der Waals surface area contributed by atoms with Gasteiger partial charge in [0.25, 0.3) is 0 Å². The lowest BCUT2D eigenvalue weighted by molar-refractivity contribution is 0.0973. The minimum Gasteiger partial charge on any atom is -0.314 e. The van der Waals surface area contributed by atoms with Crippen molar-refractivity contribution in [3.8, 4) is 0 Å². The molecule has 0 bridgehead atoms. The molecule has 0 aliphatic carbocycles. The Bertz CT molecular complexity index is 442. The quantitative estimate of drug-likeness (QED) is 0.845. The molecule has 0 unspecified atom stereocenters. The largest absolute Gasteiger partial charge is 0.314 e. The van der Waals surface area contributed by atoms with E-state index in [1.807, 2.05) is 25.1 Å². The number of hydrogen-bond acceptors (Lipinski definition) is 3. The van der Waals surface area contributed by atoms with Crippen LogP contribution in [0.4, 0.5) is 0 Å². The lowest BCUT2D eigenvalue weighted by Gasteiger charge is -2.26. The second kappa shape index (κ2) is 7.17. The molecule has 1 aromatic rings. The smallest absolute Gasteiger partial charge is 0.163 e. The molecule has 0 aromatic heterocycles. The van der Waals surface area contributed by atoms with Crippen LogP contribution in [-0.4, -0.2) is 43.4 Å². The Morgan fingerprint density at radius 1 is 1.37 bits per heavy atom. The monoisotopic (exact) mass is 324 g/mol. The van der Waals surface area contributed by atoms with Gasteiger partial charge in [-0.2, -0.15) is 0 Å². The Labute approximate surface area is 123 Å². The summed E-state index contributed by atoms with van der Waals surface area (Å²) in [5.74, 6) is 0.258. The van der Waals surface area contributed by atoms with E-state index in [1.165, 1.54) is 0 Å². The fourth-order valence-corrected chi connectivity index (χ4v) is 2.79. The van der Waals surface area contributed by atoms with E-state index in [0.29, 0.717) is 6.42 Å². The molecule has 2 rings (SSSR count). The van der Waals surface area contributed by atoms with E-state index < -0.39 is 0 Å². The summed E-state index contributed by atoms with van der Waals surface area (Å²) in [6.07, 6.45) is 1.59. The number of halogens is 1. The number of benzene rings is 1. The number of nitrogens with one attached hydrogen (secondary N) is 1. The molecule has 1 heterocycles. The number of carbonyl (C=O) groups is 1. The average molecular weight is 325 g/mol. The third-order valence-electron chi connectivity index (χ3n) is 3.59. The summed E-state index contributed by atoms with van der Waals surface area (Å²) in [4.78, 5) is 14.6. The van der Waals surface area contributed by atoms with Crippen LogP contribution in [0.25, 0.3) is 0 Å². The Hall–Kier alpha value is -0.710. The molecule has 3 nitrogen and oxygen atoms in total. The van der Waals surface area contributed by atoms with Crippen molar-refractivity contribution in [1.29, 1.82) is 0 Å². The molecule has 1 aromatic carbocycles. The van der Waals surface area contributed by atoms with Crippen molar-refractivity contribution in [1.82, 2.24) is 10.2 Å². The zero-order chi connectivity index (χ0) is 13.7. The number of ketones is 1. The summed E-state index contributed by atoms with van der Waals surface area (Å²) in [6.45, 7) is 7.36. The van der Waals surface area contributed by atoms with Crippen molar-refractivity contribution in [3.63, 3.8) is 0 Å². The molecule has 0 atom stereocenters. The Balaban J connectivity index is 1.82. The third kappa shape index (κ3) is 4.41. The maximum Gasteiger partial charge on any atom is 0.163 e. The number of Topliss-reactive ketones (excluding diaryl/α,β-unsaturated/α-hetero) is 1. The van der Waals surface area contributed by atoms with Crippen LogP contribution in [0, 0.1) is 6.92 Å². The second-order valence-electron chi connectivity index (χ2n) is 5.08. The number of rotatable bonds is 5. The summed E-state index contributed by atoms with van der Waals surface area (Å²) in [6, 6.07) is 5.91. The highest BCUT2D eigenvalue weighted by atomic mass is 79.9. The van der Waals surface area contributed by atoms with Crippen molar-refractivity contribution in [2.24, 2.45) is 0 Å². The molecule has 1 fully saturated rings. The minimum absolute atomic E-state index is 0.258. The van der Waals surface area contributed by atoms with Gasteiger partial charge < -0.3 is 10.2 Å². The van der Waals surface area contributed by atoms with Crippen LogP contribution in [0.1, 0.15) is 28.8 Å². The molecular weight excluding hydrogens is 304 g/mol. The third-order valence-corrected chi connectivity index (χ3v) is 4.08. The van der Waals surface area contributed by atoms with Gasteiger partial charge in [-0.15, -0.1) is 0 Å². The molecule has 104 valence electrons. The van der Waals surface area contributed by atoms with Gasteiger partial charge in [-0.3, -0.25) is 4.79 Å². The predicted octanol–water partition coefficient (Wildman–Crippen LogP) is 2.63. The van der Waals surface area contributed by atoms with Crippen molar-refractivity contribution >= 4 is 21.7 Å². The maximum atomic E-state index is 12.2. The van der Waals surface area contributed by atoms with E-state index in [2.05, 4.69) is 26.1 Å². The average Bonchev–Trinajstić information content (AvgIpc) is 2.42. The van der Waals surface area contributed by atoms with E-state index in [0.717, 1.165) is 54.7 Å². The normalized spacial score (nSPS) is 16.5. The fraction of sp³-hybridized carbons (Fsp3) is 0.533. The first kappa shape index (κ1) is 14.7. The van der Waals surface area contributed by atoms with Gasteiger partial charge in [-0.25, -0.2) is 0 Å². The molecular formula is C15H21BrN2O. The van der Waals surface area contributed by atoms with Gasteiger partial charge in [0.15, 0.2) is 5.78 Å². The van der Waals surface area contributed by atoms with Crippen LogP contribution in [0.2, 0.25) is 0 Å². The van der Waals surface area contributed by atoms with Gasteiger partial charge in [0.2, 0.25) is 0 Å². The number of nitrogens with zero attached hydrogens (tertiary/aromatic N) is 1. The van der Waals surface area contributed by atoms with E-state index >= 15 is 0 Å². The number of aryl methyl sites for hydroxylation is 1.